The molecule has 11 nitrogen and oxygen atoms in total. The van der Waals surface area contributed by atoms with E-state index in [-0.39, 0.29) is 18.6 Å². The summed E-state index contributed by atoms with van der Waals surface area (Å²) < 4.78 is 29.4. The SMILES string of the molecule is CC(=O)O[C@@H]1[C@H]2[C@@H](O)[C@@H](OC(=O)c3ccco3)[C@]3(CO)[C@@H](OC(=O)/C=C/c4ccccc4)CC[C@](C)(O)[C@@]13OC2(C)C. The highest BCUT2D eigenvalue weighted by molar-refractivity contribution is 5.87. The summed E-state index contributed by atoms with van der Waals surface area (Å²) >= 11 is 0. The Hall–Kier alpha value is -3.51. The van der Waals surface area contributed by atoms with Crippen molar-refractivity contribution in [2.75, 3.05) is 6.61 Å². The molecule has 2 saturated carbocycles. The summed E-state index contributed by atoms with van der Waals surface area (Å²) in [5.74, 6) is -3.61. The minimum absolute atomic E-state index is 0.00297. The molecule has 1 spiro atoms. The van der Waals surface area contributed by atoms with Crippen LogP contribution in [0.2, 0.25) is 0 Å². The molecule has 1 aromatic heterocycles. The van der Waals surface area contributed by atoms with E-state index in [0.717, 1.165) is 5.56 Å². The third-order valence-corrected chi connectivity index (χ3v) is 9.08. The fraction of sp³-hybridized carbons (Fsp3) is 0.516. The zero-order chi connectivity index (χ0) is 30.5. The Morgan fingerprint density at radius 2 is 1.74 bits per heavy atom. The monoisotopic (exact) mass is 584 g/mol. The molecule has 1 saturated heterocycles. The van der Waals surface area contributed by atoms with Crippen LogP contribution < -0.4 is 0 Å². The van der Waals surface area contributed by atoms with Crippen LogP contribution in [0.3, 0.4) is 0 Å². The van der Waals surface area contributed by atoms with Gasteiger partial charge in [0, 0.05) is 13.0 Å². The molecule has 0 amide bonds. The highest BCUT2D eigenvalue weighted by Gasteiger charge is 2.86. The summed E-state index contributed by atoms with van der Waals surface area (Å²) in [7, 11) is 0. The van der Waals surface area contributed by atoms with E-state index in [9.17, 15) is 29.7 Å². The molecule has 3 fully saturated rings. The van der Waals surface area contributed by atoms with E-state index in [0.29, 0.717) is 0 Å². The molecule has 2 bridgehead atoms. The van der Waals surface area contributed by atoms with Gasteiger partial charge in [0.2, 0.25) is 5.76 Å². The van der Waals surface area contributed by atoms with Gasteiger partial charge in [-0.1, -0.05) is 30.3 Å². The quantitative estimate of drug-likeness (QED) is 0.249. The van der Waals surface area contributed by atoms with Crippen molar-refractivity contribution < 1.29 is 53.1 Å². The molecular formula is C31H36O11. The lowest BCUT2D eigenvalue weighted by atomic mass is 9.46. The van der Waals surface area contributed by atoms with Gasteiger partial charge in [0.1, 0.15) is 35.4 Å². The first-order chi connectivity index (χ1) is 19.8. The number of rotatable bonds is 7. The van der Waals surface area contributed by atoms with Crippen molar-refractivity contribution in [3.8, 4) is 0 Å². The highest BCUT2D eigenvalue weighted by atomic mass is 16.6. The fourth-order valence-electron chi connectivity index (χ4n) is 7.47. The average Bonchev–Trinajstić information content (AvgIpc) is 3.53. The van der Waals surface area contributed by atoms with Gasteiger partial charge >= 0.3 is 17.9 Å². The van der Waals surface area contributed by atoms with Crippen molar-refractivity contribution >= 4 is 24.0 Å². The molecular weight excluding hydrogens is 548 g/mol. The fourth-order valence-corrected chi connectivity index (χ4v) is 7.47. The molecule has 5 rings (SSSR count). The zero-order valence-corrected chi connectivity index (χ0v) is 23.9. The predicted molar refractivity (Wildman–Crippen MR) is 146 cm³/mol. The van der Waals surface area contributed by atoms with Crippen LogP contribution in [-0.4, -0.2) is 81.1 Å². The number of carbonyl (C=O) groups is 3. The lowest BCUT2D eigenvalue weighted by Gasteiger charge is -2.65. The van der Waals surface area contributed by atoms with Gasteiger partial charge in [0.15, 0.2) is 0 Å². The standard InChI is InChI=1S/C31H36O11/c1-18(33)39-25-23-24(35)26(41-27(36)20-11-8-16-38-20)30(17-32)21(40-22(34)13-12-19-9-6-5-7-10-19)14-15-29(4,37)31(25,30)42-28(23,2)3/h5-13,16,21,23-26,32,35,37H,14-15,17H2,1-4H3/b13-12+/t21-,23+,24+,25+,26+,29-,30-,31-/m0/s1. The van der Waals surface area contributed by atoms with Crippen LogP contribution in [-0.2, 0) is 28.5 Å². The maximum absolute atomic E-state index is 13.2. The topological polar surface area (TPSA) is 162 Å². The molecule has 2 aromatic rings. The molecule has 1 aromatic carbocycles. The van der Waals surface area contributed by atoms with E-state index in [4.69, 9.17) is 23.4 Å². The smallest absolute Gasteiger partial charge is 0.374 e. The van der Waals surface area contributed by atoms with Crippen molar-refractivity contribution in [1.82, 2.24) is 0 Å². The Morgan fingerprint density at radius 3 is 2.36 bits per heavy atom. The van der Waals surface area contributed by atoms with E-state index < -0.39 is 77.1 Å². The first-order valence-corrected chi connectivity index (χ1v) is 13.9. The predicted octanol–water partition coefficient (Wildman–Crippen LogP) is 2.42. The van der Waals surface area contributed by atoms with Crippen molar-refractivity contribution in [1.29, 1.82) is 0 Å². The number of carbonyl (C=O) groups excluding carboxylic acids is 3. The Morgan fingerprint density at radius 1 is 1.02 bits per heavy atom. The van der Waals surface area contributed by atoms with E-state index in [2.05, 4.69) is 0 Å². The molecule has 2 aliphatic carbocycles. The number of esters is 3. The molecule has 11 heteroatoms. The lowest BCUT2D eigenvalue weighted by molar-refractivity contribution is -0.348. The molecule has 226 valence electrons. The summed E-state index contributed by atoms with van der Waals surface area (Å²) in [6, 6.07) is 11.9. The molecule has 2 heterocycles. The average molecular weight is 585 g/mol. The number of ether oxygens (including phenoxy) is 4. The van der Waals surface area contributed by atoms with Crippen molar-refractivity contribution in [2.45, 2.75) is 81.8 Å². The van der Waals surface area contributed by atoms with E-state index in [1.165, 1.54) is 38.3 Å². The Labute approximate surface area is 243 Å². The largest absolute Gasteiger partial charge is 0.459 e. The van der Waals surface area contributed by atoms with Gasteiger partial charge in [-0.25, -0.2) is 9.59 Å². The van der Waals surface area contributed by atoms with Gasteiger partial charge < -0.3 is 38.7 Å². The van der Waals surface area contributed by atoms with E-state index >= 15 is 0 Å². The normalized spacial score (nSPS) is 36.7. The second kappa shape index (κ2) is 10.6. The maximum atomic E-state index is 13.2. The Bertz CT molecular complexity index is 1350. The minimum Gasteiger partial charge on any atom is -0.459 e. The molecule has 1 aliphatic heterocycles. The van der Waals surface area contributed by atoms with Gasteiger partial charge in [-0.15, -0.1) is 0 Å². The first kappa shape index (κ1) is 30.0. The molecule has 42 heavy (non-hydrogen) atoms. The van der Waals surface area contributed by atoms with Gasteiger partial charge in [0.25, 0.3) is 0 Å². The Balaban J connectivity index is 1.66. The van der Waals surface area contributed by atoms with Crippen molar-refractivity contribution in [3.05, 3.63) is 66.1 Å². The second-order valence-electron chi connectivity index (χ2n) is 12.0. The second-order valence-corrected chi connectivity index (χ2v) is 12.0. The molecule has 0 unspecified atom stereocenters. The van der Waals surface area contributed by atoms with Crippen LogP contribution >= 0.6 is 0 Å². The molecule has 3 N–H and O–H groups in total. The summed E-state index contributed by atoms with van der Waals surface area (Å²) in [5, 5.41) is 35.3. The summed E-state index contributed by atoms with van der Waals surface area (Å²) in [5.41, 5.74) is -6.29. The minimum atomic E-state index is -1.99. The lowest BCUT2D eigenvalue weighted by Crippen LogP contribution is -2.83. The number of aliphatic hydroxyl groups is 3. The maximum Gasteiger partial charge on any atom is 0.374 e. The highest BCUT2D eigenvalue weighted by Crippen LogP contribution is 2.68. The molecule has 8 atom stereocenters. The van der Waals surface area contributed by atoms with Crippen LogP contribution in [0.25, 0.3) is 6.08 Å². The first-order valence-electron chi connectivity index (χ1n) is 13.9. The third kappa shape index (κ3) is 4.46. The number of furan rings is 1. The summed E-state index contributed by atoms with van der Waals surface area (Å²) in [6.07, 6.45) is -1.67. The summed E-state index contributed by atoms with van der Waals surface area (Å²) in [4.78, 5) is 38.9. The van der Waals surface area contributed by atoms with Crippen LogP contribution in [0.4, 0.5) is 0 Å². The zero-order valence-electron chi connectivity index (χ0n) is 23.9. The van der Waals surface area contributed by atoms with Crippen LogP contribution in [0.5, 0.6) is 0 Å². The van der Waals surface area contributed by atoms with Gasteiger partial charge in [-0.3, -0.25) is 4.79 Å². The van der Waals surface area contributed by atoms with Crippen LogP contribution in [0.1, 0.15) is 56.7 Å². The number of benzene rings is 1. The number of hydrogen-bond donors (Lipinski definition) is 3. The van der Waals surface area contributed by atoms with Crippen molar-refractivity contribution in [2.24, 2.45) is 11.3 Å². The van der Waals surface area contributed by atoms with Crippen LogP contribution in [0, 0.1) is 11.3 Å². The van der Waals surface area contributed by atoms with E-state index in [1.807, 2.05) is 18.2 Å². The Kier molecular flexibility index (Phi) is 7.59. The van der Waals surface area contributed by atoms with Gasteiger partial charge in [-0.2, -0.15) is 0 Å². The number of fused-ring (bicyclic) bond motifs is 1. The van der Waals surface area contributed by atoms with Crippen LogP contribution in [0.15, 0.2) is 59.2 Å². The summed E-state index contributed by atoms with van der Waals surface area (Å²) in [6.45, 7) is 5.08. The third-order valence-electron chi connectivity index (χ3n) is 9.08. The molecule has 3 aliphatic rings. The van der Waals surface area contributed by atoms with Crippen molar-refractivity contribution in [3.63, 3.8) is 0 Å². The van der Waals surface area contributed by atoms with E-state index in [1.54, 1.807) is 32.1 Å². The number of aliphatic hydroxyl groups excluding tert-OH is 2. The number of hydrogen-bond acceptors (Lipinski definition) is 11. The van der Waals surface area contributed by atoms with Gasteiger partial charge in [-0.05, 0) is 57.4 Å². The molecule has 0 radical (unpaired) electrons. The van der Waals surface area contributed by atoms with Gasteiger partial charge in [0.05, 0.1) is 30.0 Å².